The van der Waals surface area contributed by atoms with Gasteiger partial charge in [0.15, 0.2) is 0 Å². The topological polar surface area (TPSA) is 80.6 Å². The molecule has 2 rings (SSSR count). The van der Waals surface area contributed by atoms with Crippen molar-refractivity contribution in [2.45, 2.75) is 39.8 Å². The molecule has 0 aliphatic carbocycles. The number of carboxylic acids is 1. The highest BCUT2D eigenvalue weighted by Crippen LogP contribution is 2.26. The summed E-state index contributed by atoms with van der Waals surface area (Å²) in [4.78, 5) is 23.6. The van der Waals surface area contributed by atoms with Gasteiger partial charge in [0.2, 0.25) is 0 Å². The number of carbonyl (C=O) groups is 2. The van der Waals surface area contributed by atoms with Crippen LogP contribution < -0.4 is 5.32 Å². The van der Waals surface area contributed by atoms with Crippen molar-refractivity contribution >= 4 is 22.8 Å². The predicted molar refractivity (Wildman–Crippen MR) is 92.5 cm³/mol. The minimum atomic E-state index is -1.32. The van der Waals surface area contributed by atoms with Crippen LogP contribution in [0.25, 0.3) is 10.9 Å². The van der Waals surface area contributed by atoms with E-state index in [4.69, 9.17) is 9.84 Å². The van der Waals surface area contributed by atoms with Crippen LogP contribution in [0.1, 0.15) is 35.5 Å². The Bertz CT molecular complexity index is 790. The first kappa shape index (κ1) is 18.0. The molecule has 0 saturated carbocycles. The van der Waals surface area contributed by atoms with E-state index < -0.39 is 17.4 Å². The fourth-order valence-electron chi connectivity index (χ4n) is 2.67. The second-order valence-corrected chi connectivity index (χ2v) is 6.47. The van der Waals surface area contributed by atoms with Crippen molar-refractivity contribution in [2.75, 3.05) is 13.7 Å². The standard InChI is InChI=1S/C18H24N2O4/c1-11-12(2)20(8-9-24-5)15-7-6-13(10-14(11)15)16(21)19-18(3,4)17(22)23/h6-7,10H,8-9H2,1-5H3,(H,19,21)(H,22,23). The first-order chi connectivity index (χ1) is 11.2. The molecule has 1 aromatic carbocycles. The van der Waals surface area contributed by atoms with Gasteiger partial charge in [-0.3, -0.25) is 4.79 Å². The molecule has 0 unspecified atom stereocenters. The number of hydrogen-bond acceptors (Lipinski definition) is 3. The number of aromatic nitrogens is 1. The van der Waals surface area contributed by atoms with Gasteiger partial charge >= 0.3 is 5.97 Å². The monoisotopic (exact) mass is 332 g/mol. The van der Waals surface area contributed by atoms with E-state index in [1.54, 1.807) is 13.2 Å². The molecule has 0 spiro atoms. The van der Waals surface area contributed by atoms with Gasteiger partial charge in [-0.2, -0.15) is 0 Å². The molecule has 130 valence electrons. The molecule has 0 atom stereocenters. The highest BCUT2D eigenvalue weighted by Gasteiger charge is 2.29. The molecule has 6 heteroatoms. The third kappa shape index (κ3) is 3.28. The molecule has 0 aliphatic rings. The molecule has 1 heterocycles. The number of methoxy groups -OCH3 is 1. The van der Waals surface area contributed by atoms with Crippen molar-refractivity contribution in [3.63, 3.8) is 0 Å². The summed E-state index contributed by atoms with van der Waals surface area (Å²) in [6, 6.07) is 5.43. The van der Waals surface area contributed by atoms with E-state index in [0.717, 1.165) is 28.7 Å². The Labute approximate surface area is 141 Å². The van der Waals surface area contributed by atoms with Crippen molar-refractivity contribution in [2.24, 2.45) is 0 Å². The van der Waals surface area contributed by atoms with Gasteiger partial charge in [-0.15, -0.1) is 0 Å². The van der Waals surface area contributed by atoms with E-state index in [2.05, 4.69) is 9.88 Å². The summed E-state index contributed by atoms with van der Waals surface area (Å²) in [5, 5.41) is 12.7. The summed E-state index contributed by atoms with van der Waals surface area (Å²) < 4.78 is 7.32. The van der Waals surface area contributed by atoms with Gasteiger partial charge in [0, 0.05) is 35.8 Å². The first-order valence-corrected chi connectivity index (χ1v) is 7.83. The minimum absolute atomic E-state index is 0.397. The molecular formula is C18H24N2O4. The number of carboxylic acid groups (broad SMARTS) is 1. The van der Waals surface area contributed by atoms with E-state index >= 15 is 0 Å². The number of carbonyl (C=O) groups excluding carboxylic acids is 1. The Kier molecular flexibility index (Phi) is 4.99. The average Bonchev–Trinajstić information content (AvgIpc) is 2.76. The summed E-state index contributed by atoms with van der Waals surface area (Å²) in [6.45, 7) is 8.33. The number of benzene rings is 1. The Morgan fingerprint density at radius 3 is 2.54 bits per heavy atom. The van der Waals surface area contributed by atoms with Gasteiger partial charge in [0.05, 0.1) is 6.61 Å². The summed E-state index contributed by atoms with van der Waals surface area (Å²) >= 11 is 0. The zero-order valence-corrected chi connectivity index (χ0v) is 14.8. The first-order valence-electron chi connectivity index (χ1n) is 7.83. The van der Waals surface area contributed by atoms with Gasteiger partial charge < -0.3 is 19.7 Å². The SMILES string of the molecule is COCCn1c(C)c(C)c2cc(C(=O)NC(C)(C)C(=O)O)ccc21. The zero-order chi connectivity index (χ0) is 18.1. The van der Waals surface area contributed by atoms with Crippen molar-refractivity contribution in [3.8, 4) is 0 Å². The van der Waals surface area contributed by atoms with Crippen molar-refractivity contribution in [1.82, 2.24) is 9.88 Å². The Balaban J connectivity index is 2.40. The molecule has 0 radical (unpaired) electrons. The van der Waals surface area contributed by atoms with Crippen LogP contribution in [0.4, 0.5) is 0 Å². The number of rotatable bonds is 6. The van der Waals surface area contributed by atoms with Crippen molar-refractivity contribution in [3.05, 3.63) is 35.0 Å². The fourth-order valence-corrected chi connectivity index (χ4v) is 2.67. The Morgan fingerprint density at radius 2 is 1.96 bits per heavy atom. The lowest BCUT2D eigenvalue weighted by Gasteiger charge is -2.21. The van der Waals surface area contributed by atoms with Crippen LogP contribution in [0.5, 0.6) is 0 Å². The number of aliphatic carboxylic acids is 1. The largest absolute Gasteiger partial charge is 0.480 e. The second-order valence-electron chi connectivity index (χ2n) is 6.47. The van der Waals surface area contributed by atoms with Gasteiger partial charge in [-0.1, -0.05) is 0 Å². The van der Waals surface area contributed by atoms with E-state index in [1.807, 2.05) is 26.0 Å². The zero-order valence-electron chi connectivity index (χ0n) is 14.8. The molecule has 0 aliphatic heterocycles. The van der Waals surface area contributed by atoms with E-state index in [-0.39, 0.29) is 0 Å². The number of aryl methyl sites for hydroxylation is 1. The van der Waals surface area contributed by atoms with Crippen LogP contribution in [0.15, 0.2) is 18.2 Å². The number of hydrogen-bond donors (Lipinski definition) is 2. The molecule has 0 saturated heterocycles. The maximum atomic E-state index is 12.4. The number of ether oxygens (including phenoxy) is 1. The van der Waals surface area contributed by atoms with Crippen LogP contribution in [-0.2, 0) is 16.1 Å². The Morgan fingerprint density at radius 1 is 1.29 bits per heavy atom. The summed E-state index contributed by atoms with van der Waals surface area (Å²) in [7, 11) is 1.67. The van der Waals surface area contributed by atoms with Crippen LogP contribution in [0.3, 0.4) is 0 Å². The maximum Gasteiger partial charge on any atom is 0.328 e. The van der Waals surface area contributed by atoms with Crippen molar-refractivity contribution in [1.29, 1.82) is 0 Å². The molecule has 1 amide bonds. The van der Waals surface area contributed by atoms with Crippen molar-refractivity contribution < 1.29 is 19.4 Å². The van der Waals surface area contributed by atoms with E-state index in [9.17, 15) is 9.59 Å². The van der Waals surface area contributed by atoms with Gasteiger partial charge in [0.1, 0.15) is 5.54 Å². The van der Waals surface area contributed by atoms with Crippen LogP contribution >= 0.6 is 0 Å². The third-order valence-electron chi connectivity index (χ3n) is 4.38. The number of amides is 1. The molecule has 1 aromatic heterocycles. The third-order valence-corrected chi connectivity index (χ3v) is 4.38. The van der Waals surface area contributed by atoms with Gasteiger partial charge in [-0.25, -0.2) is 4.79 Å². The van der Waals surface area contributed by atoms with E-state index in [1.165, 1.54) is 13.8 Å². The normalized spacial score (nSPS) is 11.7. The highest BCUT2D eigenvalue weighted by molar-refractivity contribution is 6.01. The molecular weight excluding hydrogens is 308 g/mol. The lowest BCUT2D eigenvalue weighted by Crippen LogP contribution is -2.49. The molecule has 24 heavy (non-hydrogen) atoms. The maximum absolute atomic E-state index is 12.4. The van der Waals surface area contributed by atoms with Gasteiger partial charge in [-0.05, 0) is 51.5 Å². The van der Waals surface area contributed by atoms with Crippen LogP contribution in [-0.4, -0.2) is 40.8 Å². The second kappa shape index (κ2) is 6.65. The summed E-state index contributed by atoms with van der Waals surface area (Å²) in [6.07, 6.45) is 0. The van der Waals surface area contributed by atoms with Crippen LogP contribution in [0, 0.1) is 13.8 Å². The van der Waals surface area contributed by atoms with E-state index in [0.29, 0.717) is 12.2 Å². The molecule has 6 nitrogen and oxygen atoms in total. The molecule has 0 bridgehead atoms. The quantitative estimate of drug-likeness (QED) is 0.852. The summed E-state index contributed by atoms with van der Waals surface area (Å²) in [5.41, 5.74) is 2.40. The predicted octanol–water partition coefficient (Wildman–Crippen LogP) is 2.50. The molecule has 2 aromatic rings. The average molecular weight is 332 g/mol. The van der Waals surface area contributed by atoms with Crippen LogP contribution in [0.2, 0.25) is 0 Å². The minimum Gasteiger partial charge on any atom is -0.480 e. The summed E-state index contributed by atoms with van der Waals surface area (Å²) in [5.74, 6) is -1.47. The van der Waals surface area contributed by atoms with Gasteiger partial charge in [0.25, 0.3) is 5.91 Å². The number of fused-ring (bicyclic) bond motifs is 1. The molecule has 2 N–H and O–H groups in total. The number of nitrogens with one attached hydrogen (secondary N) is 1. The smallest absolute Gasteiger partial charge is 0.328 e. The Hall–Kier alpha value is -2.34. The number of nitrogens with zero attached hydrogens (tertiary/aromatic N) is 1. The highest BCUT2D eigenvalue weighted by atomic mass is 16.5. The fraction of sp³-hybridized carbons (Fsp3) is 0.444. The molecule has 0 fully saturated rings. The lowest BCUT2D eigenvalue weighted by atomic mass is 10.0. The lowest BCUT2D eigenvalue weighted by molar-refractivity contribution is -0.143.